The lowest BCUT2D eigenvalue weighted by atomic mass is 9.74. The molecule has 1 aromatic carbocycles. The Morgan fingerprint density at radius 2 is 2.00 bits per heavy atom. The number of hydrogen-bond acceptors (Lipinski definition) is 3. The van der Waals surface area contributed by atoms with Crippen molar-refractivity contribution in [2.75, 3.05) is 12.4 Å². The molecule has 0 bridgehead atoms. The monoisotopic (exact) mass is 247 g/mol. The van der Waals surface area contributed by atoms with E-state index in [1.807, 2.05) is 12.1 Å². The van der Waals surface area contributed by atoms with Crippen LogP contribution in [0.3, 0.4) is 0 Å². The van der Waals surface area contributed by atoms with Gasteiger partial charge in [-0.3, -0.25) is 4.79 Å². The number of fused-ring (bicyclic) bond motifs is 1. The second-order valence-corrected chi connectivity index (χ2v) is 5.98. The molecule has 2 atom stereocenters. The van der Waals surface area contributed by atoms with Crippen molar-refractivity contribution in [2.24, 2.45) is 11.3 Å². The van der Waals surface area contributed by atoms with E-state index in [2.05, 4.69) is 38.2 Å². The zero-order chi connectivity index (χ0) is 13.3. The maximum Gasteiger partial charge on any atom is 0.311 e. The highest BCUT2D eigenvalue weighted by atomic mass is 16.5. The number of anilines is 1. The quantitative estimate of drug-likeness (QED) is 0.775. The molecule has 0 unspecified atom stereocenters. The van der Waals surface area contributed by atoms with Crippen molar-refractivity contribution in [1.29, 1.82) is 0 Å². The smallest absolute Gasteiger partial charge is 0.311 e. The second-order valence-electron chi connectivity index (χ2n) is 5.98. The van der Waals surface area contributed by atoms with Crippen LogP contribution in [-0.4, -0.2) is 19.1 Å². The number of carbonyl (C=O) groups is 1. The molecule has 0 aromatic heterocycles. The van der Waals surface area contributed by atoms with Crippen LogP contribution >= 0.6 is 0 Å². The van der Waals surface area contributed by atoms with Crippen molar-refractivity contribution in [1.82, 2.24) is 0 Å². The third kappa shape index (κ3) is 2.35. The molecule has 1 aliphatic rings. The summed E-state index contributed by atoms with van der Waals surface area (Å²) >= 11 is 0. The van der Waals surface area contributed by atoms with Crippen LogP contribution in [0.15, 0.2) is 24.3 Å². The van der Waals surface area contributed by atoms with E-state index in [0.29, 0.717) is 0 Å². The number of carbonyl (C=O) groups excluding carboxylic acids is 1. The first-order chi connectivity index (χ1) is 8.43. The minimum absolute atomic E-state index is 0.00634. The summed E-state index contributed by atoms with van der Waals surface area (Å²) in [5, 5.41) is 3.50. The topological polar surface area (TPSA) is 38.3 Å². The van der Waals surface area contributed by atoms with E-state index in [0.717, 1.165) is 12.1 Å². The van der Waals surface area contributed by atoms with Gasteiger partial charge in [-0.25, -0.2) is 0 Å². The number of ether oxygens (including phenoxy) is 1. The molecule has 0 aliphatic carbocycles. The van der Waals surface area contributed by atoms with Crippen LogP contribution in [0.1, 0.15) is 26.3 Å². The Morgan fingerprint density at radius 1 is 1.33 bits per heavy atom. The summed E-state index contributed by atoms with van der Waals surface area (Å²) in [4.78, 5) is 12.0. The molecule has 0 fully saturated rings. The predicted octanol–water partition coefficient (Wildman–Crippen LogP) is 2.86. The Labute approximate surface area is 109 Å². The van der Waals surface area contributed by atoms with Crippen molar-refractivity contribution in [3.05, 3.63) is 29.8 Å². The lowest BCUT2D eigenvalue weighted by molar-refractivity contribution is -0.147. The summed E-state index contributed by atoms with van der Waals surface area (Å²) in [6.07, 6.45) is 0.748. The first-order valence-corrected chi connectivity index (χ1v) is 6.36. The molecule has 1 aliphatic heterocycles. The first kappa shape index (κ1) is 12.9. The largest absolute Gasteiger partial charge is 0.469 e. The molecule has 1 N–H and O–H groups in total. The SMILES string of the molecule is COC(=O)[C@H]1Cc2ccccc2N[C@H]1C(C)(C)C. The van der Waals surface area contributed by atoms with Crippen molar-refractivity contribution >= 4 is 11.7 Å². The maximum atomic E-state index is 12.0. The molecule has 98 valence electrons. The molecule has 0 amide bonds. The minimum Gasteiger partial charge on any atom is -0.469 e. The summed E-state index contributed by atoms with van der Waals surface area (Å²) < 4.78 is 4.95. The highest BCUT2D eigenvalue weighted by Gasteiger charge is 2.40. The van der Waals surface area contributed by atoms with Gasteiger partial charge in [0.05, 0.1) is 13.0 Å². The fourth-order valence-corrected chi connectivity index (χ4v) is 2.65. The zero-order valence-corrected chi connectivity index (χ0v) is 11.5. The van der Waals surface area contributed by atoms with Gasteiger partial charge in [-0.05, 0) is 23.5 Å². The van der Waals surface area contributed by atoms with Crippen LogP contribution in [-0.2, 0) is 16.0 Å². The third-order valence-electron chi connectivity index (χ3n) is 3.61. The zero-order valence-electron chi connectivity index (χ0n) is 11.5. The van der Waals surface area contributed by atoms with Crippen molar-refractivity contribution in [3.63, 3.8) is 0 Å². The van der Waals surface area contributed by atoms with Crippen molar-refractivity contribution in [2.45, 2.75) is 33.2 Å². The minimum atomic E-state index is -0.128. The number of esters is 1. The van der Waals surface area contributed by atoms with Crippen LogP contribution in [0.4, 0.5) is 5.69 Å². The normalized spacial score (nSPS) is 22.9. The van der Waals surface area contributed by atoms with Gasteiger partial charge in [-0.15, -0.1) is 0 Å². The highest BCUT2D eigenvalue weighted by Crippen LogP contribution is 2.37. The molecule has 1 heterocycles. The predicted molar refractivity (Wildman–Crippen MR) is 72.5 cm³/mol. The number of nitrogens with one attached hydrogen (secondary N) is 1. The van der Waals surface area contributed by atoms with Crippen LogP contribution in [0.5, 0.6) is 0 Å². The van der Waals surface area contributed by atoms with Crippen LogP contribution < -0.4 is 5.32 Å². The maximum absolute atomic E-state index is 12.0. The van der Waals surface area contributed by atoms with Gasteiger partial charge in [0.15, 0.2) is 0 Å². The van der Waals surface area contributed by atoms with E-state index < -0.39 is 0 Å². The molecule has 3 heteroatoms. The van der Waals surface area contributed by atoms with Crippen LogP contribution in [0.2, 0.25) is 0 Å². The van der Waals surface area contributed by atoms with Gasteiger partial charge in [0, 0.05) is 11.7 Å². The highest BCUT2D eigenvalue weighted by molar-refractivity contribution is 5.76. The number of rotatable bonds is 1. The van der Waals surface area contributed by atoms with E-state index in [-0.39, 0.29) is 23.3 Å². The molecule has 18 heavy (non-hydrogen) atoms. The van der Waals surface area contributed by atoms with E-state index >= 15 is 0 Å². The summed E-state index contributed by atoms with van der Waals surface area (Å²) in [6.45, 7) is 6.44. The number of benzene rings is 1. The summed E-state index contributed by atoms with van der Waals surface area (Å²) in [7, 11) is 1.46. The molecule has 1 aromatic rings. The number of para-hydroxylation sites is 1. The first-order valence-electron chi connectivity index (χ1n) is 6.36. The summed E-state index contributed by atoms with van der Waals surface area (Å²) in [6, 6.07) is 8.26. The molecule has 0 spiro atoms. The van der Waals surface area contributed by atoms with Crippen molar-refractivity contribution < 1.29 is 9.53 Å². The van der Waals surface area contributed by atoms with Gasteiger partial charge in [0.2, 0.25) is 0 Å². The molecular formula is C15H21NO2. The Hall–Kier alpha value is -1.51. The van der Waals surface area contributed by atoms with Crippen molar-refractivity contribution in [3.8, 4) is 0 Å². The Morgan fingerprint density at radius 3 is 2.61 bits per heavy atom. The lowest BCUT2D eigenvalue weighted by Gasteiger charge is -2.41. The Bertz CT molecular complexity index is 448. The van der Waals surface area contributed by atoms with Gasteiger partial charge in [0.1, 0.15) is 0 Å². The Balaban J connectivity index is 2.36. The number of methoxy groups -OCH3 is 1. The van der Waals surface area contributed by atoms with Gasteiger partial charge in [-0.2, -0.15) is 0 Å². The Kier molecular flexibility index (Phi) is 3.33. The molecule has 0 saturated heterocycles. The van der Waals surface area contributed by atoms with Gasteiger partial charge < -0.3 is 10.1 Å². The van der Waals surface area contributed by atoms with Gasteiger partial charge in [-0.1, -0.05) is 39.0 Å². The fraction of sp³-hybridized carbons (Fsp3) is 0.533. The van der Waals surface area contributed by atoms with Crippen LogP contribution in [0, 0.1) is 11.3 Å². The van der Waals surface area contributed by atoms with E-state index in [4.69, 9.17) is 4.74 Å². The molecule has 0 radical (unpaired) electrons. The average molecular weight is 247 g/mol. The second kappa shape index (κ2) is 4.63. The van der Waals surface area contributed by atoms with Gasteiger partial charge in [0.25, 0.3) is 0 Å². The average Bonchev–Trinajstić information content (AvgIpc) is 2.35. The lowest BCUT2D eigenvalue weighted by Crippen LogP contribution is -2.47. The summed E-state index contributed by atoms with van der Waals surface area (Å²) in [5.41, 5.74) is 2.33. The standard InChI is InChI=1S/C15H21NO2/c1-15(2,3)13-11(14(17)18-4)9-10-7-5-6-8-12(10)16-13/h5-8,11,13,16H,9H2,1-4H3/t11-,13+/m0/s1. The third-order valence-corrected chi connectivity index (χ3v) is 3.61. The fourth-order valence-electron chi connectivity index (χ4n) is 2.65. The molecular weight excluding hydrogens is 226 g/mol. The molecule has 2 rings (SSSR count). The van der Waals surface area contributed by atoms with Gasteiger partial charge >= 0.3 is 5.97 Å². The van der Waals surface area contributed by atoms with E-state index in [9.17, 15) is 4.79 Å². The van der Waals surface area contributed by atoms with E-state index in [1.165, 1.54) is 12.7 Å². The van der Waals surface area contributed by atoms with E-state index in [1.54, 1.807) is 0 Å². The number of hydrogen-bond donors (Lipinski definition) is 1. The molecule has 0 saturated carbocycles. The van der Waals surface area contributed by atoms with Crippen LogP contribution in [0.25, 0.3) is 0 Å². The summed E-state index contributed by atoms with van der Waals surface area (Å²) in [5.74, 6) is -0.248. The molecule has 3 nitrogen and oxygen atoms in total.